The monoisotopic (exact) mass is 279 g/mol. The maximum absolute atomic E-state index is 11.9. The number of fused-ring (bicyclic) bond motifs is 1. The lowest BCUT2D eigenvalue weighted by molar-refractivity contribution is -0.384. The summed E-state index contributed by atoms with van der Waals surface area (Å²) >= 11 is 0. The van der Waals surface area contributed by atoms with Crippen LogP contribution in [0.3, 0.4) is 0 Å². The quantitative estimate of drug-likeness (QED) is 0.649. The van der Waals surface area contributed by atoms with Gasteiger partial charge in [0.25, 0.3) is 11.6 Å². The van der Waals surface area contributed by atoms with Crippen molar-refractivity contribution in [2.45, 2.75) is 19.9 Å². The van der Waals surface area contributed by atoms with Gasteiger partial charge in [-0.05, 0) is 6.07 Å². The van der Waals surface area contributed by atoms with Crippen LogP contribution in [0.5, 0.6) is 5.75 Å². The summed E-state index contributed by atoms with van der Waals surface area (Å²) in [5, 5.41) is 14.0. The second-order valence-corrected chi connectivity index (χ2v) is 4.85. The zero-order valence-electron chi connectivity index (χ0n) is 11.5. The average molecular weight is 279 g/mol. The summed E-state index contributed by atoms with van der Waals surface area (Å²) < 4.78 is 5.29. The summed E-state index contributed by atoms with van der Waals surface area (Å²) in [6.45, 7) is 5.06. The normalized spacial score (nSPS) is 14.2. The van der Waals surface area contributed by atoms with Gasteiger partial charge in [-0.15, -0.1) is 0 Å². The number of anilines is 1. The third kappa shape index (κ3) is 3.05. The molecule has 0 unspecified atom stereocenters. The minimum absolute atomic E-state index is 0.0352. The van der Waals surface area contributed by atoms with Crippen LogP contribution < -0.4 is 15.0 Å². The smallest absolute Gasteiger partial charge is 0.271 e. The number of nitrogens with zero attached hydrogens (tertiary/aromatic N) is 2. The van der Waals surface area contributed by atoms with Crippen molar-refractivity contribution in [3.8, 4) is 5.75 Å². The predicted octanol–water partition coefficient (Wildman–Crippen LogP) is 1.32. The van der Waals surface area contributed by atoms with Crippen molar-refractivity contribution >= 4 is 17.3 Å². The van der Waals surface area contributed by atoms with E-state index >= 15 is 0 Å². The SMILES string of the molecule is CC(C)NCCN1C(=O)COc2ccc([N+](=O)[O-])cc21. The maximum atomic E-state index is 11.9. The highest BCUT2D eigenvalue weighted by Gasteiger charge is 2.27. The van der Waals surface area contributed by atoms with Gasteiger partial charge in [-0.3, -0.25) is 14.9 Å². The van der Waals surface area contributed by atoms with Gasteiger partial charge in [0.1, 0.15) is 5.75 Å². The van der Waals surface area contributed by atoms with E-state index in [0.29, 0.717) is 30.6 Å². The molecular weight excluding hydrogens is 262 g/mol. The van der Waals surface area contributed by atoms with E-state index in [1.807, 2.05) is 13.8 Å². The van der Waals surface area contributed by atoms with Crippen LogP contribution in [0.25, 0.3) is 0 Å². The lowest BCUT2D eigenvalue weighted by Gasteiger charge is -2.29. The molecule has 2 rings (SSSR count). The molecule has 7 nitrogen and oxygen atoms in total. The molecule has 0 saturated carbocycles. The molecule has 1 aromatic rings. The first-order chi connectivity index (χ1) is 9.49. The molecule has 1 aromatic carbocycles. The molecule has 1 aliphatic rings. The van der Waals surface area contributed by atoms with Crippen LogP contribution in [-0.4, -0.2) is 36.6 Å². The zero-order chi connectivity index (χ0) is 14.7. The Balaban J connectivity index is 2.22. The number of nitrogens with one attached hydrogen (secondary N) is 1. The minimum atomic E-state index is -0.482. The lowest BCUT2D eigenvalue weighted by atomic mass is 10.2. The van der Waals surface area contributed by atoms with Gasteiger partial charge < -0.3 is 15.0 Å². The third-order valence-electron chi connectivity index (χ3n) is 2.98. The summed E-state index contributed by atoms with van der Waals surface area (Å²) in [7, 11) is 0. The Morgan fingerprint density at radius 2 is 2.25 bits per heavy atom. The highest BCUT2D eigenvalue weighted by atomic mass is 16.6. The summed E-state index contributed by atoms with van der Waals surface area (Å²) in [6.07, 6.45) is 0. The molecule has 0 atom stereocenters. The summed E-state index contributed by atoms with van der Waals surface area (Å²) in [4.78, 5) is 23.8. The van der Waals surface area contributed by atoms with Crippen molar-refractivity contribution in [2.24, 2.45) is 0 Å². The Hall–Kier alpha value is -2.15. The number of hydrogen-bond donors (Lipinski definition) is 1. The molecule has 0 saturated heterocycles. The molecule has 20 heavy (non-hydrogen) atoms. The second kappa shape index (κ2) is 5.87. The Bertz CT molecular complexity index is 530. The van der Waals surface area contributed by atoms with Crippen molar-refractivity contribution in [1.82, 2.24) is 5.32 Å². The molecule has 0 radical (unpaired) electrons. The van der Waals surface area contributed by atoms with E-state index in [2.05, 4.69) is 5.32 Å². The molecule has 0 fully saturated rings. The number of ether oxygens (including phenoxy) is 1. The topological polar surface area (TPSA) is 84.7 Å². The van der Waals surface area contributed by atoms with Crippen LogP contribution in [0, 0.1) is 10.1 Å². The molecule has 1 amide bonds. The molecule has 108 valence electrons. The van der Waals surface area contributed by atoms with E-state index in [1.165, 1.54) is 23.1 Å². The standard InChI is InChI=1S/C13H17N3O4/c1-9(2)14-5-6-15-11-7-10(16(18)19)3-4-12(11)20-8-13(15)17/h3-4,7,9,14H,5-6,8H2,1-2H3. The van der Waals surface area contributed by atoms with E-state index in [9.17, 15) is 14.9 Å². The minimum Gasteiger partial charge on any atom is -0.482 e. The van der Waals surface area contributed by atoms with Gasteiger partial charge in [-0.25, -0.2) is 0 Å². The van der Waals surface area contributed by atoms with Crippen molar-refractivity contribution in [3.05, 3.63) is 28.3 Å². The Morgan fingerprint density at radius 1 is 1.50 bits per heavy atom. The number of rotatable bonds is 5. The fourth-order valence-electron chi connectivity index (χ4n) is 2.01. The molecule has 1 aliphatic heterocycles. The van der Waals surface area contributed by atoms with Crippen LogP contribution in [0.1, 0.15) is 13.8 Å². The number of amides is 1. The van der Waals surface area contributed by atoms with Gasteiger partial charge >= 0.3 is 0 Å². The molecule has 0 spiro atoms. The molecule has 1 N–H and O–H groups in total. The number of carbonyl (C=O) groups is 1. The highest BCUT2D eigenvalue weighted by molar-refractivity contribution is 5.98. The first-order valence-electron chi connectivity index (χ1n) is 6.44. The third-order valence-corrected chi connectivity index (χ3v) is 2.98. The number of non-ortho nitro benzene ring substituents is 1. The van der Waals surface area contributed by atoms with Gasteiger partial charge in [0.2, 0.25) is 0 Å². The van der Waals surface area contributed by atoms with E-state index in [0.717, 1.165) is 0 Å². The first-order valence-corrected chi connectivity index (χ1v) is 6.44. The number of nitro benzene ring substituents is 1. The van der Waals surface area contributed by atoms with Gasteiger partial charge in [-0.1, -0.05) is 13.8 Å². The van der Waals surface area contributed by atoms with Crippen LogP contribution in [0.2, 0.25) is 0 Å². The summed E-state index contributed by atoms with van der Waals surface area (Å²) in [6, 6.07) is 4.60. The van der Waals surface area contributed by atoms with Crippen LogP contribution in [0.15, 0.2) is 18.2 Å². The molecule has 7 heteroatoms. The molecule has 0 aromatic heterocycles. The van der Waals surface area contributed by atoms with Crippen LogP contribution in [0.4, 0.5) is 11.4 Å². The Kier molecular flexibility index (Phi) is 4.19. The van der Waals surface area contributed by atoms with Gasteiger partial charge in [0.15, 0.2) is 6.61 Å². The van der Waals surface area contributed by atoms with Crippen molar-refractivity contribution < 1.29 is 14.5 Å². The molecule has 0 aliphatic carbocycles. The number of benzene rings is 1. The van der Waals surface area contributed by atoms with Gasteiger partial charge in [0.05, 0.1) is 10.6 Å². The molecule has 1 heterocycles. The fourth-order valence-corrected chi connectivity index (χ4v) is 2.01. The number of carbonyl (C=O) groups excluding carboxylic acids is 1. The van der Waals surface area contributed by atoms with Gasteiger partial charge in [0, 0.05) is 31.3 Å². The largest absolute Gasteiger partial charge is 0.482 e. The second-order valence-electron chi connectivity index (χ2n) is 4.85. The van der Waals surface area contributed by atoms with Crippen molar-refractivity contribution in [3.63, 3.8) is 0 Å². The zero-order valence-corrected chi connectivity index (χ0v) is 11.5. The Labute approximate surface area is 116 Å². The first kappa shape index (κ1) is 14.3. The number of hydrogen-bond acceptors (Lipinski definition) is 5. The fraction of sp³-hybridized carbons (Fsp3) is 0.462. The molecular formula is C13H17N3O4. The van der Waals surface area contributed by atoms with Crippen LogP contribution in [-0.2, 0) is 4.79 Å². The molecule has 0 bridgehead atoms. The van der Waals surface area contributed by atoms with Crippen LogP contribution >= 0.6 is 0 Å². The van der Waals surface area contributed by atoms with Crippen molar-refractivity contribution in [1.29, 1.82) is 0 Å². The number of nitro groups is 1. The van der Waals surface area contributed by atoms with E-state index in [4.69, 9.17) is 4.74 Å². The Morgan fingerprint density at radius 3 is 2.90 bits per heavy atom. The maximum Gasteiger partial charge on any atom is 0.271 e. The van der Waals surface area contributed by atoms with Crippen molar-refractivity contribution in [2.75, 3.05) is 24.6 Å². The highest BCUT2D eigenvalue weighted by Crippen LogP contribution is 2.34. The van der Waals surface area contributed by atoms with E-state index in [-0.39, 0.29) is 18.2 Å². The van der Waals surface area contributed by atoms with Gasteiger partial charge in [-0.2, -0.15) is 0 Å². The summed E-state index contributed by atoms with van der Waals surface area (Å²) in [5.41, 5.74) is 0.407. The van der Waals surface area contributed by atoms with E-state index < -0.39 is 4.92 Å². The average Bonchev–Trinajstić information content (AvgIpc) is 2.40. The predicted molar refractivity (Wildman–Crippen MR) is 74.1 cm³/mol. The summed E-state index contributed by atoms with van der Waals surface area (Å²) in [5.74, 6) is 0.309. The van der Waals surface area contributed by atoms with E-state index in [1.54, 1.807) is 0 Å². The lowest BCUT2D eigenvalue weighted by Crippen LogP contribution is -2.43.